The maximum absolute atomic E-state index is 10.9. The first kappa shape index (κ1) is 12.8. The van der Waals surface area contributed by atoms with Crippen molar-refractivity contribution in [3.63, 3.8) is 0 Å². The number of aldehydes is 1. The number of hydrogen-bond acceptors (Lipinski definition) is 4. The Kier molecular flexibility index (Phi) is 4.33. The minimum atomic E-state index is -1.38. The summed E-state index contributed by atoms with van der Waals surface area (Å²) in [6.45, 7) is 0. The summed E-state index contributed by atoms with van der Waals surface area (Å²) in [4.78, 5) is 36.1. The summed E-state index contributed by atoms with van der Waals surface area (Å²) in [5.74, 6) is -4.78. The van der Waals surface area contributed by atoms with Crippen LogP contribution < -0.4 is 0 Å². The maximum Gasteiger partial charge on any atom is 0.314 e. The van der Waals surface area contributed by atoms with Gasteiger partial charge in [-0.25, -0.2) is 0 Å². The van der Waals surface area contributed by atoms with E-state index < -0.39 is 30.2 Å². The fraction of sp³-hybridized carbons (Fsp3) is 0.273. The zero-order valence-corrected chi connectivity index (χ0v) is 8.81. The smallest absolute Gasteiger partial charge is 0.314 e. The van der Waals surface area contributed by atoms with Crippen LogP contribution in [0.2, 0.25) is 0 Å². The summed E-state index contributed by atoms with van der Waals surface area (Å²) in [5.41, 5.74) is 0.425. The van der Waals surface area contributed by atoms with E-state index >= 15 is 0 Å². The van der Waals surface area contributed by atoms with E-state index in [4.69, 9.17) is 10.2 Å². The number of carbonyl (C=O) groups excluding carboxylic acids is 1. The quantitative estimate of drug-likeness (QED) is 0.552. The van der Waals surface area contributed by atoms with Gasteiger partial charge in [-0.3, -0.25) is 14.6 Å². The van der Waals surface area contributed by atoms with Crippen LogP contribution in [0.4, 0.5) is 0 Å². The molecule has 2 N–H and O–H groups in total. The second-order valence-electron chi connectivity index (χ2n) is 3.49. The lowest BCUT2D eigenvalue weighted by atomic mass is 9.85. The van der Waals surface area contributed by atoms with E-state index in [1.807, 2.05) is 0 Å². The van der Waals surface area contributed by atoms with Crippen molar-refractivity contribution in [2.24, 2.45) is 5.92 Å². The predicted octanol–water partition coefficient (Wildman–Crippen LogP) is 0.540. The zero-order valence-electron chi connectivity index (χ0n) is 8.81. The highest BCUT2D eigenvalue weighted by Gasteiger charge is 2.31. The van der Waals surface area contributed by atoms with Crippen LogP contribution in [-0.4, -0.2) is 33.4 Å². The summed E-state index contributed by atoms with van der Waals surface area (Å²) in [5, 5.41) is 17.6. The molecule has 2 unspecified atom stereocenters. The lowest BCUT2D eigenvalue weighted by Crippen LogP contribution is -2.25. The molecule has 0 amide bonds. The molecule has 0 fully saturated rings. The summed E-state index contributed by atoms with van der Waals surface area (Å²) >= 11 is 0. The summed E-state index contributed by atoms with van der Waals surface area (Å²) < 4.78 is 0. The van der Waals surface area contributed by atoms with Gasteiger partial charge < -0.3 is 15.0 Å². The highest BCUT2D eigenvalue weighted by Crippen LogP contribution is 2.26. The standard InChI is InChI=1S/C11H11NO5/c13-6-9(11(16)17)8(4-10(14)15)7-2-1-3-12-5-7/h1-3,5-6,8-9H,4H2,(H,14,15)(H,16,17). The van der Waals surface area contributed by atoms with E-state index in [1.54, 1.807) is 12.1 Å². The number of hydrogen-bond donors (Lipinski definition) is 2. The van der Waals surface area contributed by atoms with Gasteiger partial charge in [-0.15, -0.1) is 0 Å². The number of rotatable bonds is 6. The average Bonchev–Trinajstić information content (AvgIpc) is 2.29. The van der Waals surface area contributed by atoms with Crippen molar-refractivity contribution < 1.29 is 24.6 Å². The molecule has 6 nitrogen and oxygen atoms in total. The third-order valence-electron chi connectivity index (χ3n) is 2.37. The first-order valence-electron chi connectivity index (χ1n) is 4.86. The van der Waals surface area contributed by atoms with E-state index in [0.29, 0.717) is 5.56 Å². The molecule has 17 heavy (non-hydrogen) atoms. The fourth-order valence-corrected chi connectivity index (χ4v) is 1.56. The van der Waals surface area contributed by atoms with Crippen LogP contribution in [-0.2, 0) is 14.4 Å². The lowest BCUT2D eigenvalue weighted by molar-refractivity contribution is -0.145. The topological polar surface area (TPSA) is 105 Å². The van der Waals surface area contributed by atoms with E-state index in [1.165, 1.54) is 12.4 Å². The molecule has 1 heterocycles. The number of carbonyl (C=O) groups is 3. The Labute approximate surface area is 96.9 Å². The second kappa shape index (κ2) is 5.74. The monoisotopic (exact) mass is 237 g/mol. The van der Waals surface area contributed by atoms with Crippen molar-refractivity contribution >= 4 is 18.2 Å². The molecule has 6 heteroatoms. The van der Waals surface area contributed by atoms with Gasteiger partial charge in [0, 0.05) is 18.3 Å². The molecule has 0 bridgehead atoms. The zero-order chi connectivity index (χ0) is 12.8. The van der Waals surface area contributed by atoms with Gasteiger partial charge in [-0.2, -0.15) is 0 Å². The van der Waals surface area contributed by atoms with Crippen molar-refractivity contribution in [1.29, 1.82) is 0 Å². The van der Waals surface area contributed by atoms with Crippen LogP contribution >= 0.6 is 0 Å². The molecule has 0 saturated heterocycles. The Morgan fingerprint density at radius 1 is 1.41 bits per heavy atom. The molecule has 0 aliphatic heterocycles. The van der Waals surface area contributed by atoms with Gasteiger partial charge in [0.2, 0.25) is 0 Å². The third kappa shape index (κ3) is 3.37. The van der Waals surface area contributed by atoms with E-state index in [-0.39, 0.29) is 6.29 Å². The van der Waals surface area contributed by atoms with Gasteiger partial charge in [-0.05, 0) is 11.6 Å². The number of carboxylic acid groups (broad SMARTS) is 2. The Balaban J connectivity index is 3.07. The molecular weight excluding hydrogens is 226 g/mol. The number of pyridine rings is 1. The van der Waals surface area contributed by atoms with E-state index in [0.717, 1.165) is 0 Å². The van der Waals surface area contributed by atoms with Crippen LogP contribution in [0.15, 0.2) is 24.5 Å². The minimum Gasteiger partial charge on any atom is -0.481 e. The first-order valence-corrected chi connectivity index (χ1v) is 4.86. The third-order valence-corrected chi connectivity index (χ3v) is 2.37. The molecule has 1 rings (SSSR count). The number of carboxylic acids is 2. The maximum atomic E-state index is 10.9. The van der Waals surface area contributed by atoms with Crippen molar-refractivity contribution in [2.45, 2.75) is 12.3 Å². The number of nitrogens with zero attached hydrogens (tertiary/aromatic N) is 1. The van der Waals surface area contributed by atoms with Crippen molar-refractivity contribution in [3.8, 4) is 0 Å². The molecule has 2 atom stereocenters. The first-order chi connectivity index (χ1) is 8.06. The molecule has 0 aliphatic carbocycles. The molecule has 0 aromatic carbocycles. The van der Waals surface area contributed by atoms with Gasteiger partial charge in [0.05, 0.1) is 6.42 Å². The lowest BCUT2D eigenvalue weighted by Gasteiger charge is -2.17. The SMILES string of the molecule is O=CC(C(=O)O)C(CC(=O)O)c1cccnc1. The normalized spacial score (nSPS) is 13.6. The minimum absolute atomic E-state index is 0.253. The molecule has 0 saturated carbocycles. The van der Waals surface area contributed by atoms with Crippen LogP contribution in [0.5, 0.6) is 0 Å². The summed E-state index contributed by atoms with van der Waals surface area (Å²) in [6, 6.07) is 3.12. The van der Waals surface area contributed by atoms with Crippen molar-refractivity contribution in [3.05, 3.63) is 30.1 Å². The largest absolute Gasteiger partial charge is 0.481 e. The predicted molar refractivity (Wildman–Crippen MR) is 56.4 cm³/mol. The van der Waals surface area contributed by atoms with Crippen molar-refractivity contribution in [1.82, 2.24) is 4.98 Å². The van der Waals surface area contributed by atoms with E-state index in [2.05, 4.69) is 4.98 Å². The molecule has 0 aliphatic rings. The Morgan fingerprint density at radius 2 is 2.12 bits per heavy atom. The Morgan fingerprint density at radius 3 is 2.53 bits per heavy atom. The van der Waals surface area contributed by atoms with Crippen LogP contribution in [0.1, 0.15) is 17.9 Å². The van der Waals surface area contributed by atoms with Gasteiger partial charge in [0.15, 0.2) is 0 Å². The highest BCUT2D eigenvalue weighted by molar-refractivity contribution is 5.88. The molecule has 1 aromatic rings. The van der Waals surface area contributed by atoms with Crippen molar-refractivity contribution in [2.75, 3.05) is 0 Å². The van der Waals surface area contributed by atoms with Crippen LogP contribution in [0, 0.1) is 5.92 Å². The number of aromatic nitrogens is 1. The van der Waals surface area contributed by atoms with Gasteiger partial charge >= 0.3 is 11.9 Å². The molecular formula is C11H11NO5. The van der Waals surface area contributed by atoms with Crippen LogP contribution in [0.25, 0.3) is 0 Å². The van der Waals surface area contributed by atoms with Gasteiger partial charge in [-0.1, -0.05) is 6.07 Å². The molecule has 0 spiro atoms. The average molecular weight is 237 g/mol. The fourth-order valence-electron chi connectivity index (χ4n) is 1.56. The van der Waals surface area contributed by atoms with Gasteiger partial charge in [0.25, 0.3) is 0 Å². The van der Waals surface area contributed by atoms with Gasteiger partial charge in [0.1, 0.15) is 12.2 Å². The van der Waals surface area contributed by atoms with Crippen LogP contribution in [0.3, 0.4) is 0 Å². The highest BCUT2D eigenvalue weighted by atomic mass is 16.4. The molecule has 1 aromatic heterocycles. The Hall–Kier alpha value is -2.24. The van der Waals surface area contributed by atoms with E-state index in [9.17, 15) is 14.4 Å². The summed E-state index contributed by atoms with van der Waals surface area (Å²) in [6.07, 6.45) is 2.68. The number of aliphatic carboxylic acids is 2. The second-order valence-corrected chi connectivity index (χ2v) is 3.49. The Bertz CT molecular complexity index is 417. The summed E-state index contributed by atoms with van der Waals surface area (Å²) in [7, 11) is 0. The molecule has 90 valence electrons. The molecule has 0 radical (unpaired) electrons.